The van der Waals surface area contributed by atoms with Crippen molar-refractivity contribution in [2.75, 3.05) is 17.7 Å². The molecule has 1 aromatic carbocycles. The SMILES string of the molecule is CSCCn1c(N)nc2ccc(C#N)cc21. The third kappa shape index (κ3) is 1.84. The predicted octanol–water partition coefficient (Wildman–Crippen LogP) is 1.85. The van der Waals surface area contributed by atoms with E-state index in [0.29, 0.717) is 11.5 Å². The molecule has 0 radical (unpaired) electrons. The Hall–Kier alpha value is -1.67. The third-order valence-corrected chi connectivity index (χ3v) is 3.02. The first-order valence-corrected chi connectivity index (χ1v) is 6.30. The highest BCUT2D eigenvalue weighted by Gasteiger charge is 2.08. The van der Waals surface area contributed by atoms with E-state index in [1.807, 2.05) is 16.7 Å². The van der Waals surface area contributed by atoms with E-state index < -0.39 is 0 Å². The van der Waals surface area contributed by atoms with Gasteiger partial charge in [-0.2, -0.15) is 17.0 Å². The van der Waals surface area contributed by atoms with Gasteiger partial charge in [0.25, 0.3) is 0 Å². The van der Waals surface area contributed by atoms with Crippen LogP contribution in [-0.4, -0.2) is 21.6 Å². The maximum atomic E-state index is 8.86. The minimum atomic E-state index is 0.513. The van der Waals surface area contributed by atoms with E-state index in [4.69, 9.17) is 11.0 Å². The van der Waals surface area contributed by atoms with E-state index in [9.17, 15) is 0 Å². The average molecular weight is 232 g/mol. The van der Waals surface area contributed by atoms with Gasteiger partial charge in [-0.1, -0.05) is 0 Å². The summed E-state index contributed by atoms with van der Waals surface area (Å²) in [5, 5.41) is 8.86. The molecule has 0 atom stereocenters. The molecule has 0 spiro atoms. The molecule has 2 rings (SSSR count). The molecular weight excluding hydrogens is 220 g/mol. The molecule has 0 saturated carbocycles. The molecular formula is C11H12N4S. The lowest BCUT2D eigenvalue weighted by atomic mass is 10.2. The summed E-state index contributed by atoms with van der Waals surface area (Å²) in [4.78, 5) is 4.26. The Morgan fingerprint density at radius 2 is 2.38 bits per heavy atom. The second-order valence-corrected chi connectivity index (χ2v) is 4.42. The fraction of sp³-hybridized carbons (Fsp3) is 0.273. The number of nitriles is 1. The summed E-state index contributed by atoms with van der Waals surface area (Å²) in [5.41, 5.74) is 8.26. The molecule has 82 valence electrons. The molecule has 0 aliphatic heterocycles. The van der Waals surface area contributed by atoms with Crippen molar-refractivity contribution in [3.63, 3.8) is 0 Å². The van der Waals surface area contributed by atoms with E-state index in [2.05, 4.69) is 17.3 Å². The zero-order valence-corrected chi connectivity index (χ0v) is 9.79. The number of rotatable bonds is 3. The summed E-state index contributed by atoms with van der Waals surface area (Å²) in [6.07, 6.45) is 2.05. The van der Waals surface area contributed by atoms with Crippen LogP contribution in [0.2, 0.25) is 0 Å². The Morgan fingerprint density at radius 3 is 3.06 bits per heavy atom. The molecule has 5 heteroatoms. The summed E-state index contributed by atoms with van der Waals surface area (Å²) >= 11 is 1.76. The van der Waals surface area contributed by atoms with Crippen molar-refractivity contribution in [2.24, 2.45) is 0 Å². The van der Waals surface area contributed by atoms with Crippen LogP contribution in [0.1, 0.15) is 5.56 Å². The number of nitrogens with two attached hydrogens (primary N) is 1. The van der Waals surface area contributed by atoms with E-state index in [0.717, 1.165) is 23.3 Å². The van der Waals surface area contributed by atoms with Crippen LogP contribution < -0.4 is 5.73 Å². The van der Waals surface area contributed by atoms with Gasteiger partial charge in [-0.3, -0.25) is 0 Å². The van der Waals surface area contributed by atoms with Crippen molar-refractivity contribution >= 4 is 28.7 Å². The number of anilines is 1. The largest absolute Gasteiger partial charge is 0.369 e. The monoisotopic (exact) mass is 232 g/mol. The number of hydrogen-bond donors (Lipinski definition) is 1. The maximum absolute atomic E-state index is 8.86. The van der Waals surface area contributed by atoms with Crippen molar-refractivity contribution < 1.29 is 0 Å². The van der Waals surface area contributed by atoms with Crippen LogP contribution in [0.3, 0.4) is 0 Å². The van der Waals surface area contributed by atoms with Crippen molar-refractivity contribution in [2.45, 2.75) is 6.54 Å². The summed E-state index contributed by atoms with van der Waals surface area (Å²) < 4.78 is 1.95. The van der Waals surface area contributed by atoms with E-state index in [1.165, 1.54) is 0 Å². The highest BCUT2D eigenvalue weighted by atomic mass is 32.2. The molecule has 0 unspecified atom stereocenters. The standard InChI is InChI=1S/C11H12N4S/c1-16-5-4-15-10-6-8(7-12)2-3-9(10)14-11(15)13/h2-3,6H,4-5H2,1H3,(H2,13,14). The van der Waals surface area contributed by atoms with Gasteiger partial charge in [-0.15, -0.1) is 0 Å². The van der Waals surface area contributed by atoms with Crippen LogP contribution in [0.25, 0.3) is 11.0 Å². The Kier molecular flexibility index (Phi) is 3.02. The fourth-order valence-corrected chi connectivity index (χ4v) is 1.99. The molecule has 0 amide bonds. The lowest BCUT2D eigenvalue weighted by Gasteiger charge is -2.04. The molecule has 0 aliphatic rings. The zero-order chi connectivity index (χ0) is 11.5. The fourth-order valence-electron chi connectivity index (χ4n) is 1.63. The summed E-state index contributed by atoms with van der Waals surface area (Å²) in [6.45, 7) is 0.818. The molecule has 4 nitrogen and oxygen atoms in total. The maximum Gasteiger partial charge on any atom is 0.201 e. The van der Waals surface area contributed by atoms with Crippen molar-refractivity contribution in [3.8, 4) is 6.07 Å². The number of aromatic nitrogens is 2. The Morgan fingerprint density at radius 1 is 1.56 bits per heavy atom. The van der Waals surface area contributed by atoms with Crippen molar-refractivity contribution in [1.82, 2.24) is 9.55 Å². The summed E-state index contributed by atoms with van der Waals surface area (Å²) in [7, 11) is 0. The predicted molar refractivity (Wildman–Crippen MR) is 67.2 cm³/mol. The quantitative estimate of drug-likeness (QED) is 0.877. The molecule has 2 aromatic rings. The van der Waals surface area contributed by atoms with E-state index >= 15 is 0 Å². The van der Waals surface area contributed by atoms with Crippen LogP contribution in [0.5, 0.6) is 0 Å². The Labute approximate surface area is 98.1 Å². The first kappa shape index (κ1) is 10.8. The second kappa shape index (κ2) is 4.45. The molecule has 0 aliphatic carbocycles. The third-order valence-electron chi connectivity index (χ3n) is 2.43. The topological polar surface area (TPSA) is 67.6 Å². The zero-order valence-electron chi connectivity index (χ0n) is 8.97. The van der Waals surface area contributed by atoms with Gasteiger partial charge in [0.15, 0.2) is 0 Å². The number of aryl methyl sites for hydroxylation is 1. The summed E-state index contributed by atoms with van der Waals surface area (Å²) in [5.74, 6) is 1.49. The van der Waals surface area contributed by atoms with Crippen LogP contribution in [0.15, 0.2) is 18.2 Å². The normalized spacial score (nSPS) is 10.5. The Bertz CT molecular complexity index is 553. The molecule has 0 saturated heterocycles. The van der Waals surface area contributed by atoms with Gasteiger partial charge in [0.05, 0.1) is 22.7 Å². The first-order valence-electron chi connectivity index (χ1n) is 4.91. The van der Waals surface area contributed by atoms with Gasteiger partial charge in [0.2, 0.25) is 5.95 Å². The number of thioether (sulfide) groups is 1. The number of hydrogen-bond acceptors (Lipinski definition) is 4. The van der Waals surface area contributed by atoms with Gasteiger partial charge in [0, 0.05) is 12.3 Å². The van der Waals surface area contributed by atoms with Crippen LogP contribution in [0, 0.1) is 11.3 Å². The molecule has 0 fully saturated rings. The smallest absolute Gasteiger partial charge is 0.201 e. The highest BCUT2D eigenvalue weighted by molar-refractivity contribution is 7.98. The number of fused-ring (bicyclic) bond motifs is 1. The molecule has 1 heterocycles. The summed E-state index contributed by atoms with van der Waals surface area (Å²) in [6, 6.07) is 7.55. The van der Waals surface area contributed by atoms with Crippen LogP contribution in [0.4, 0.5) is 5.95 Å². The van der Waals surface area contributed by atoms with Crippen molar-refractivity contribution in [3.05, 3.63) is 23.8 Å². The number of benzene rings is 1. The molecule has 1 aromatic heterocycles. The first-order chi connectivity index (χ1) is 7.76. The lowest BCUT2D eigenvalue weighted by Crippen LogP contribution is -2.04. The highest BCUT2D eigenvalue weighted by Crippen LogP contribution is 2.19. The molecule has 16 heavy (non-hydrogen) atoms. The second-order valence-electron chi connectivity index (χ2n) is 3.43. The molecule has 2 N–H and O–H groups in total. The van der Waals surface area contributed by atoms with Gasteiger partial charge in [0.1, 0.15) is 0 Å². The van der Waals surface area contributed by atoms with Crippen LogP contribution in [-0.2, 0) is 6.54 Å². The van der Waals surface area contributed by atoms with E-state index in [1.54, 1.807) is 17.8 Å². The average Bonchev–Trinajstić information content (AvgIpc) is 2.61. The minimum Gasteiger partial charge on any atom is -0.369 e. The van der Waals surface area contributed by atoms with Gasteiger partial charge in [-0.25, -0.2) is 4.98 Å². The van der Waals surface area contributed by atoms with E-state index in [-0.39, 0.29) is 0 Å². The molecule has 0 bridgehead atoms. The number of nitrogen functional groups attached to an aromatic ring is 1. The van der Waals surface area contributed by atoms with Crippen LogP contribution >= 0.6 is 11.8 Å². The minimum absolute atomic E-state index is 0.513. The van der Waals surface area contributed by atoms with Gasteiger partial charge >= 0.3 is 0 Å². The number of imidazole rings is 1. The van der Waals surface area contributed by atoms with Crippen molar-refractivity contribution in [1.29, 1.82) is 5.26 Å². The Balaban J connectivity index is 2.53. The van der Waals surface area contributed by atoms with Gasteiger partial charge in [-0.05, 0) is 24.5 Å². The van der Waals surface area contributed by atoms with Gasteiger partial charge < -0.3 is 10.3 Å². The number of nitrogens with zero attached hydrogens (tertiary/aromatic N) is 3. The lowest BCUT2D eigenvalue weighted by molar-refractivity contribution is 0.810.